The molecule has 0 bridgehead atoms. The molecule has 0 aliphatic carbocycles. The summed E-state index contributed by atoms with van der Waals surface area (Å²) in [6, 6.07) is 12.2. The van der Waals surface area contributed by atoms with Crippen LogP contribution < -0.4 is 15.6 Å². The van der Waals surface area contributed by atoms with E-state index in [1.807, 2.05) is 49.0 Å². The molecule has 0 fully saturated rings. The van der Waals surface area contributed by atoms with Gasteiger partial charge in [0.25, 0.3) is 11.5 Å². The van der Waals surface area contributed by atoms with E-state index in [0.717, 1.165) is 5.56 Å². The predicted molar refractivity (Wildman–Crippen MR) is 122 cm³/mol. The lowest BCUT2D eigenvalue weighted by molar-refractivity contribution is 0.0941. The van der Waals surface area contributed by atoms with Gasteiger partial charge in [0, 0.05) is 37.1 Å². The first-order valence-corrected chi connectivity index (χ1v) is 10.4. The van der Waals surface area contributed by atoms with Crippen LogP contribution in [0.5, 0.6) is 5.75 Å². The SMILES string of the molecule is CCn1c(=O)c(C)nc2cc(C(=O)NC(c3ccccc3OC)c3nccn3C)ccc21. The quantitative estimate of drug-likeness (QED) is 0.507. The highest BCUT2D eigenvalue weighted by molar-refractivity contribution is 5.97. The van der Waals surface area contributed by atoms with Crippen LogP contribution in [0, 0.1) is 6.92 Å². The predicted octanol–water partition coefficient (Wildman–Crippen LogP) is 2.99. The minimum Gasteiger partial charge on any atom is -0.496 e. The summed E-state index contributed by atoms with van der Waals surface area (Å²) in [7, 11) is 3.48. The van der Waals surface area contributed by atoms with Crippen molar-refractivity contribution in [3.63, 3.8) is 0 Å². The standard InChI is InChI=1S/C24H25N5O3/c1-5-29-19-11-10-16(14-18(19)26-15(2)24(29)31)23(30)27-21(22-25-12-13-28(22)3)17-8-6-7-9-20(17)32-4/h6-14,21H,5H2,1-4H3,(H,27,30). The van der Waals surface area contributed by atoms with E-state index in [0.29, 0.717) is 40.4 Å². The van der Waals surface area contributed by atoms with Crippen LogP contribution in [0.3, 0.4) is 0 Å². The average Bonchev–Trinajstić information content (AvgIpc) is 3.23. The summed E-state index contributed by atoms with van der Waals surface area (Å²) in [6.45, 7) is 4.12. The van der Waals surface area contributed by atoms with Gasteiger partial charge in [-0.25, -0.2) is 9.97 Å². The highest BCUT2D eigenvalue weighted by Gasteiger charge is 2.24. The third-order valence-electron chi connectivity index (χ3n) is 5.53. The second-order valence-corrected chi connectivity index (χ2v) is 7.49. The number of imidazole rings is 1. The number of aryl methyl sites for hydroxylation is 3. The van der Waals surface area contributed by atoms with Crippen molar-refractivity contribution >= 4 is 16.9 Å². The first-order chi connectivity index (χ1) is 15.4. The van der Waals surface area contributed by atoms with Gasteiger partial charge in [-0.2, -0.15) is 0 Å². The van der Waals surface area contributed by atoms with Gasteiger partial charge in [0.1, 0.15) is 23.3 Å². The van der Waals surface area contributed by atoms with Crippen molar-refractivity contribution in [2.24, 2.45) is 7.05 Å². The number of rotatable bonds is 6. The fourth-order valence-corrected chi connectivity index (χ4v) is 3.89. The van der Waals surface area contributed by atoms with E-state index in [2.05, 4.69) is 15.3 Å². The van der Waals surface area contributed by atoms with Crippen molar-refractivity contribution in [3.05, 3.63) is 87.9 Å². The van der Waals surface area contributed by atoms with Gasteiger partial charge in [0.15, 0.2) is 0 Å². The first-order valence-electron chi connectivity index (χ1n) is 10.4. The van der Waals surface area contributed by atoms with Crippen LogP contribution in [-0.4, -0.2) is 32.1 Å². The Hall–Kier alpha value is -3.94. The van der Waals surface area contributed by atoms with Gasteiger partial charge >= 0.3 is 0 Å². The molecule has 0 saturated heterocycles. The van der Waals surface area contributed by atoms with E-state index >= 15 is 0 Å². The van der Waals surface area contributed by atoms with Crippen LogP contribution in [0.2, 0.25) is 0 Å². The molecule has 0 spiro atoms. The molecular formula is C24H25N5O3. The number of carbonyl (C=O) groups excluding carboxylic acids is 1. The zero-order valence-corrected chi connectivity index (χ0v) is 18.5. The Balaban J connectivity index is 1.76. The van der Waals surface area contributed by atoms with Gasteiger partial charge in [0.2, 0.25) is 0 Å². The van der Waals surface area contributed by atoms with Crippen molar-refractivity contribution in [3.8, 4) is 5.75 Å². The van der Waals surface area contributed by atoms with Gasteiger partial charge in [-0.05, 0) is 38.1 Å². The number of methoxy groups -OCH3 is 1. The number of benzene rings is 2. The van der Waals surface area contributed by atoms with E-state index in [1.165, 1.54) is 0 Å². The molecule has 1 amide bonds. The van der Waals surface area contributed by atoms with Gasteiger partial charge in [-0.15, -0.1) is 0 Å². The lowest BCUT2D eigenvalue weighted by Gasteiger charge is -2.21. The van der Waals surface area contributed by atoms with E-state index in [-0.39, 0.29) is 11.5 Å². The number of para-hydroxylation sites is 1. The molecule has 8 nitrogen and oxygen atoms in total. The Labute approximate surface area is 185 Å². The first kappa shape index (κ1) is 21.3. The molecule has 164 valence electrons. The maximum Gasteiger partial charge on any atom is 0.272 e. The van der Waals surface area contributed by atoms with Crippen LogP contribution in [0.25, 0.3) is 11.0 Å². The number of aromatic nitrogens is 4. The largest absolute Gasteiger partial charge is 0.496 e. The average molecular weight is 431 g/mol. The van der Waals surface area contributed by atoms with Crippen molar-refractivity contribution < 1.29 is 9.53 Å². The minimum absolute atomic E-state index is 0.122. The summed E-state index contributed by atoms with van der Waals surface area (Å²) in [5, 5.41) is 3.09. The van der Waals surface area contributed by atoms with Crippen molar-refractivity contribution in [2.45, 2.75) is 26.4 Å². The Bertz CT molecular complexity index is 1360. The minimum atomic E-state index is -0.520. The number of nitrogens with zero attached hydrogens (tertiary/aromatic N) is 4. The number of ether oxygens (including phenoxy) is 1. The highest BCUT2D eigenvalue weighted by atomic mass is 16.5. The molecule has 0 aliphatic heterocycles. The molecule has 1 N–H and O–H groups in total. The third kappa shape index (κ3) is 3.75. The van der Waals surface area contributed by atoms with Crippen LogP contribution in [-0.2, 0) is 13.6 Å². The molecule has 8 heteroatoms. The molecule has 2 heterocycles. The van der Waals surface area contributed by atoms with Crippen molar-refractivity contribution in [1.29, 1.82) is 0 Å². The lowest BCUT2D eigenvalue weighted by Crippen LogP contribution is -2.31. The molecule has 1 unspecified atom stereocenters. The van der Waals surface area contributed by atoms with Crippen LogP contribution >= 0.6 is 0 Å². The highest BCUT2D eigenvalue weighted by Crippen LogP contribution is 2.29. The third-order valence-corrected chi connectivity index (χ3v) is 5.53. The summed E-state index contributed by atoms with van der Waals surface area (Å²) in [6.07, 6.45) is 3.52. The number of hydrogen-bond donors (Lipinski definition) is 1. The van der Waals surface area contributed by atoms with E-state index in [4.69, 9.17) is 4.74 Å². The lowest BCUT2D eigenvalue weighted by atomic mass is 10.0. The van der Waals surface area contributed by atoms with Gasteiger partial charge in [0.05, 0.1) is 18.1 Å². The van der Waals surface area contributed by atoms with Gasteiger partial charge in [-0.3, -0.25) is 9.59 Å². The van der Waals surface area contributed by atoms with Crippen molar-refractivity contribution in [1.82, 2.24) is 24.4 Å². The number of amides is 1. The Kier molecular flexibility index (Phi) is 5.77. The number of carbonyl (C=O) groups is 1. The monoisotopic (exact) mass is 431 g/mol. The molecule has 4 rings (SSSR count). The molecule has 2 aromatic heterocycles. The summed E-state index contributed by atoms with van der Waals surface area (Å²) in [4.78, 5) is 34.5. The maximum atomic E-state index is 13.3. The Morgan fingerprint density at radius 3 is 2.69 bits per heavy atom. The zero-order valence-electron chi connectivity index (χ0n) is 18.5. The number of fused-ring (bicyclic) bond motifs is 1. The molecule has 0 saturated carbocycles. The Morgan fingerprint density at radius 2 is 2.00 bits per heavy atom. The molecular weight excluding hydrogens is 406 g/mol. The molecule has 0 radical (unpaired) electrons. The summed E-state index contributed by atoms with van der Waals surface area (Å²) in [5.74, 6) is 1.06. The fraction of sp³-hybridized carbons (Fsp3) is 0.250. The van der Waals surface area contributed by atoms with E-state index < -0.39 is 6.04 Å². The second-order valence-electron chi connectivity index (χ2n) is 7.49. The molecule has 2 aromatic carbocycles. The van der Waals surface area contributed by atoms with E-state index in [1.54, 1.807) is 43.0 Å². The molecule has 1 atom stereocenters. The topological polar surface area (TPSA) is 91.0 Å². The van der Waals surface area contributed by atoms with Crippen LogP contribution in [0.1, 0.15) is 40.4 Å². The smallest absolute Gasteiger partial charge is 0.272 e. The van der Waals surface area contributed by atoms with Gasteiger partial charge < -0.3 is 19.2 Å². The van der Waals surface area contributed by atoms with Crippen LogP contribution in [0.15, 0.2) is 59.7 Å². The Morgan fingerprint density at radius 1 is 1.22 bits per heavy atom. The summed E-state index contributed by atoms with van der Waals surface area (Å²) >= 11 is 0. The fourth-order valence-electron chi connectivity index (χ4n) is 3.89. The normalized spacial score (nSPS) is 12.0. The number of nitrogens with one attached hydrogen (secondary N) is 1. The molecule has 32 heavy (non-hydrogen) atoms. The van der Waals surface area contributed by atoms with Gasteiger partial charge in [-0.1, -0.05) is 18.2 Å². The zero-order chi connectivity index (χ0) is 22.8. The summed E-state index contributed by atoms with van der Waals surface area (Å²) in [5.41, 5.74) is 2.82. The number of hydrogen-bond acceptors (Lipinski definition) is 5. The molecule has 4 aromatic rings. The second kappa shape index (κ2) is 8.66. The van der Waals surface area contributed by atoms with Crippen molar-refractivity contribution in [2.75, 3.05) is 7.11 Å². The maximum absolute atomic E-state index is 13.3. The van der Waals surface area contributed by atoms with Crippen LogP contribution in [0.4, 0.5) is 0 Å². The summed E-state index contributed by atoms with van der Waals surface area (Å²) < 4.78 is 9.05. The molecule has 0 aliphatic rings. The van der Waals surface area contributed by atoms with E-state index in [9.17, 15) is 9.59 Å².